The number of amides is 1. The summed E-state index contributed by atoms with van der Waals surface area (Å²) in [5.74, 6) is 1.21. The number of anilines is 1. The third kappa shape index (κ3) is 3.17. The minimum Gasteiger partial charge on any atom is -0.361 e. The van der Waals surface area contributed by atoms with E-state index in [4.69, 9.17) is 4.98 Å². The number of hydrogen-bond acceptors (Lipinski definition) is 2. The molecule has 2 N–H and O–H groups in total. The van der Waals surface area contributed by atoms with Crippen molar-refractivity contribution in [1.29, 1.82) is 0 Å². The van der Waals surface area contributed by atoms with Crippen LogP contribution in [0.15, 0.2) is 48.7 Å². The highest BCUT2D eigenvalue weighted by molar-refractivity contribution is 5.93. The number of nitrogens with zero attached hydrogens (tertiary/aromatic N) is 2. The summed E-state index contributed by atoms with van der Waals surface area (Å²) in [4.78, 5) is 20.5. The van der Waals surface area contributed by atoms with Crippen molar-refractivity contribution in [2.24, 2.45) is 0 Å². The highest BCUT2D eigenvalue weighted by Crippen LogP contribution is 2.25. The summed E-state index contributed by atoms with van der Waals surface area (Å²) in [5.41, 5.74) is 5.27. The Hall–Kier alpha value is -3.08. The second kappa shape index (κ2) is 7.15. The maximum absolute atomic E-state index is 12.5. The van der Waals surface area contributed by atoms with Crippen molar-refractivity contribution < 1.29 is 4.79 Å². The van der Waals surface area contributed by atoms with Gasteiger partial charge in [-0.05, 0) is 49.1 Å². The molecule has 1 aliphatic heterocycles. The summed E-state index contributed by atoms with van der Waals surface area (Å²) < 4.78 is 2.34. The Labute approximate surface area is 163 Å². The number of aromatic nitrogens is 3. The van der Waals surface area contributed by atoms with Gasteiger partial charge in [-0.2, -0.15) is 0 Å². The number of hydrogen-bond donors (Lipinski definition) is 2. The highest BCUT2D eigenvalue weighted by atomic mass is 16.1. The Bertz CT molecular complexity index is 1150. The Morgan fingerprint density at radius 3 is 3.04 bits per heavy atom. The maximum atomic E-state index is 12.5. The van der Waals surface area contributed by atoms with Crippen molar-refractivity contribution >= 4 is 33.5 Å². The van der Waals surface area contributed by atoms with Crippen LogP contribution in [0.3, 0.4) is 0 Å². The van der Waals surface area contributed by atoms with Crippen LogP contribution in [0, 0.1) is 0 Å². The SMILES string of the molecule is O=C(CCc1c[nH]c2ccccc12)Nc1ccc2c(c1)nc1n2CCCCC1. The summed E-state index contributed by atoms with van der Waals surface area (Å²) in [6.07, 6.45) is 7.92. The fourth-order valence-corrected chi connectivity index (χ4v) is 4.24. The number of nitrogens with one attached hydrogen (secondary N) is 2. The van der Waals surface area contributed by atoms with E-state index in [2.05, 4.69) is 33.1 Å². The Morgan fingerprint density at radius 2 is 2.07 bits per heavy atom. The molecule has 0 fully saturated rings. The van der Waals surface area contributed by atoms with Gasteiger partial charge in [0.05, 0.1) is 11.0 Å². The van der Waals surface area contributed by atoms with E-state index in [-0.39, 0.29) is 5.91 Å². The van der Waals surface area contributed by atoms with Crippen molar-refractivity contribution in [2.45, 2.75) is 45.1 Å². The second-order valence-electron chi connectivity index (χ2n) is 7.60. The molecule has 0 radical (unpaired) electrons. The van der Waals surface area contributed by atoms with Crippen LogP contribution in [0.1, 0.15) is 37.1 Å². The summed E-state index contributed by atoms with van der Waals surface area (Å²) >= 11 is 0. The van der Waals surface area contributed by atoms with Crippen LogP contribution in [0.2, 0.25) is 0 Å². The first-order valence-corrected chi connectivity index (χ1v) is 10.1. The second-order valence-corrected chi connectivity index (χ2v) is 7.60. The first kappa shape index (κ1) is 17.0. The summed E-state index contributed by atoms with van der Waals surface area (Å²) in [6.45, 7) is 1.04. The van der Waals surface area contributed by atoms with Gasteiger partial charge < -0.3 is 14.9 Å². The summed E-state index contributed by atoms with van der Waals surface area (Å²) in [5, 5.41) is 4.23. The topological polar surface area (TPSA) is 62.7 Å². The molecule has 142 valence electrons. The van der Waals surface area contributed by atoms with E-state index < -0.39 is 0 Å². The van der Waals surface area contributed by atoms with Gasteiger partial charge in [0.15, 0.2) is 0 Å². The lowest BCUT2D eigenvalue weighted by atomic mass is 10.1. The number of benzene rings is 2. The molecule has 28 heavy (non-hydrogen) atoms. The van der Waals surface area contributed by atoms with Gasteiger partial charge in [-0.25, -0.2) is 4.98 Å². The number of aryl methyl sites for hydroxylation is 3. The lowest BCUT2D eigenvalue weighted by Crippen LogP contribution is -2.12. The van der Waals surface area contributed by atoms with Crippen LogP contribution < -0.4 is 5.32 Å². The van der Waals surface area contributed by atoms with Gasteiger partial charge in [0.1, 0.15) is 5.82 Å². The number of aromatic amines is 1. The molecule has 0 aliphatic carbocycles. The zero-order valence-corrected chi connectivity index (χ0v) is 15.9. The molecule has 2 aromatic carbocycles. The van der Waals surface area contributed by atoms with E-state index in [0.717, 1.165) is 36.1 Å². The summed E-state index contributed by atoms with van der Waals surface area (Å²) in [6, 6.07) is 14.3. The average Bonchev–Trinajstić information content (AvgIpc) is 3.19. The Morgan fingerprint density at radius 1 is 1.14 bits per heavy atom. The molecular weight excluding hydrogens is 348 g/mol. The molecule has 1 aliphatic rings. The van der Waals surface area contributed by atoms with Crippen molar-refractivity contribution in [1.82, 2.24) is 14.5 Å². The van der Waals surface area contributed by atoms with E-state index in [1.54, 1.807) is 0 Å². The van der Waals surface area contributed by atoms with Gasteiger partial charge in [-0.1, -0.05) is 24.6 Å². The van der Waals surface area contributed by atoms with Gasteiger partial charge in [0, 0.05) is 42.2 Å². The van der Waals surface area contributed by atoms with Crippen LogP contribution in [0.25, 0.3) is 21.9 Å². The Kier molecular flexibility index (Phi) is 4.35. The molecule has 4 aromatic rings. The van der Waals surface area contributed by atoms with Crippen molar-refractivity contribution in [2.75, 3.05) is 5.32 Å². The normalized spacial score (nSPS) is 14.1. The minimum atomic E-state index is 0.0328. The van der Waals surface area contributed by atoms with Gasteiger partial charge in [0.25, 0.3) is 0 Å². The van der Waals surface area contributed by atoms with Gasteiger partial charge >= 0.3 is 0 Å². The fraction of sp³-hybridized carbons (Fsp3) is 0.304. The van der Waals surface area contributed by atoms with Crippen LogP contribution in [-0.2, 0) is 24.2 Å². The average molecular weight is 372 g/mol. The monoisotopic (exact) mass is 372 g/mol. The molecule has 0 unspecified atom stereocenters. The molecule has 5 nitrogen and oxygen atoms in total. The van der Waals surface area contributed by atoms with Crippen LogP contribution in [0.4, 0.5) is 5.69 Å². The molecule has 0 spiro atoms. The zero-order chi connectivity index (χ0) is 18.9. The standard InChI is InChI=1S/C23H24N4O/c28-23(12-9-16-15-24-19-7-4-3-6-18(16)19)25-17-10-11-21-20(14-17)26-22-8-2-1-5-13-27(21)22/h3-4,6-7,10-11,14-15,24H,1-2,5,8-9,12-13H2,(H,25,28). The first-order valence-electron chi connectivity index (χ1n) is 10.1. The number of fused-ring (bicyclic) bond motifs is 4. The van der Waals surface area contributed by atoms with E-state index in [1.807, 2.05) is 30.5 Å². The smallest absolute Gasteiger partial charge is 0.224 e. The molecule has 0 saturated heterocycles. The fourth-order valence-electron chi connectivity index (χ4n) is 4.24. The number of carbonyl (C=O) groups excluding carboxylic acids is 1. The minimum absolute atomic E-state index is 0.0328. The molecule has 0 saturated carbocycles. The maximum Gasteiger partial charge on any atom is 0.224 e. The quantitative estimate of drug-likeness (QED) is 0.540. The van der Waals surface area contributed by atoms with Gasteiger partial charge in [-0.3, -0.25) is 4.79 Å². The van der Waals surface area contributed by atoms with Crippen LogP contribution in [0.5, 0.6) is 0 Å². The first-order chi connectivity index (χ1) is 13.8. The van der Waals surface area contributed by atoms with E-state index in [1.165, 1.54) is 41.6 Å². The highest BCUT2D eigenvalue weighted by Gasteiger charge is 2.14. The Balaban J connectivity index is 1.29. The van der Waals surface area contributed by atoms with Gasteiger partial charge in [-0.15, -0.1) is 0 Å². The number of imidazole rings is 1. The van der Waals surface area contributed by atoms with Gasteiger partial charge in [0.2, 0.25) is 5.91 Å². The number of carbonyl (C=O) groups is 1. The molecule has 3 heterocycles. The van der Waals surface area contributed by atoms with Crippen molar-refractivity contribution in [3.63, 3.8) is 0 Å². The van der Waals surface area contributed by atoms with E-state index in [0.29, 0.717) is 6.42 Å². The lowest BCUT2D eigenvalue weighted by molar-refractivity contribution is -0.116. The lowest BCUT2D eigenvalue weighted by Gasteiger charge is -2.07. The van der Waals surface area contributed by atoms with Crippen LogP contribution in [-0.4, -0.2) is 20.4 Å². The molecule has 5 rings (SSSR count). The van der Waals surface area contributed by atoms with E-state index >= 15 is 0 Å². The third-order valence-electron chi connectivity index (χ3n) is 5.69. The van der Waals surface area contributed by atoms with Crippen LogP contribution >= 0.6 is 0 Å². The third-order valence-corrected chi connectivity index (χ3v) is 5.69. The molecule has 2 aromatic heterocycles. The molecule has 5 heteroatoms. The predicted octanol–water partition coefficient (Wildman–Crippen LogP) is 4.82. The van der Waals surface area contributed by atoms with Crippen molar-refractivity contribution in [3.05, 3.63) is 60.0 Å². The van der Waals surface area contributed by atoms with E-state index in [9.17, 15) is 4.79 Å². The number of H-pyrrole nitrogens is 1. The molecule has 0 atom stereocenters. The number of para-hydroxylation sites is 1. The predicted molar refractivity (Wildman–Crippen MR) is 113 cm³/mol. The molecular formula is C23H24N4O. The summed E-state index contributed by atoms with van der Waals surface area (Å²) in [7, 11) is 0. The zero-order valence-electron chi connectivity index (χ0n) is 15.9. The largest absolute Gasteiger partial charge is 0.361 e. The number of rotatable bonds is 4. The van der Waals surface area contributed by atoms with Crippen molar-refractivity contribution in [3.8, 4) is 0 Å². The molecule has 1 amide bonds. The molecule has 0 bridgehead atoms.